The fourth-order valence-electron chi connectivity index (χ4n) is 1.61. The van der Waals surface area contributed by atoms with Crippen molar-refractivity contribution >= 4 is 5.84 Å². The predicted molar refractivity (Wildman–Crippen MR) is 67.0 cm³/mol. The fraction of sp³-hybridized carbons (Fsp3) is 0.167. The number of ether oxygens (including phenoxy) is 1. The van der Waals surface area contributed by atoms with Gasteiger partial charge in [-0.25, -0.2) is 0 Å². The zero-order valence-electron chi connectivity index (χ0n) is 10.2. The molecular formula is C12H14N4O2. The molecule has 0 bridgehead atoms. The molecule has 3 N–H and O–H groups in total. The molecule has 0 aliphatic heterocycles. The van der Waals surface area contributed by atoms with Crippen LogP contribution in [-0.4, -0.2) is 20.8 Å². The highest BCUT2D eigenvalue weighted by Gasteiger charge is 2.12. The number of nitrogens with two attached hydrogens (primary N) is 1. The molecule has 2 aromatic rings. The minimum absolute atomic E-state index is 0.0117. The van der Waals surface area contributed by atoms with Crippen molar-refractivity contribution in [1.82, 2.24) is 9.78 Å². The SMILES string of the molecule is Cc1cccc(/C(N)=N/O)c1Oc1cnn(C)c1. The maximum absolute atomic E-state index is 8.76. The molecule has 1 aromatic heterocycles. The number of hydrogen-bond donors (Lipinski definition) is 2. The lowest BCUT2D eigenvalue weighted by molar-refractivity contribution is 0.318. The number of aryl methyl sites for hydroxylation is 2. The normalized spacial score (nSPS) is 11.6. The second-order valence-electron chi connectivity index (χ2n) is 3.89. The molecule has 0 fully saturated rings. The molecule has 0 atom stereocenters. The van der Waals surface area contributed by atoms with Crippen molar-refractivity contribution in [2.24, 2.45) is 17.9 Å². The number of amidine groups is 1. The van der Waals surface area contributed by atoms with Crippen molar-refractivity contribution < 1.29 is 9.94 Å². The lowest BCUT2D eigenvalue weighted by Crippen LogP contribution is -2.14. The highest BCUT2D eigenvalue weighted by Crippen LogP contribution is 2.28. The van der Waals surface area contributed by atoms with Crippen molar-refractivity contribution in [2.45, 2.75) is 6.92 Å². The average Bonchev–Trinajstić information content (AvgIpc) is 2.76. The smallest absolute Gasteiger partial charge is 0.173 e. The van der Waals surface area contributed by atoms with E-state index in [1.807, 2.05) is 19.1 Å². The van der Waals surface area contributed by atoms with Crippen LogP contribution in [0.4, 0.5) is 0 Å². The average molecular weight is 246 g/mol. The molecule has 94 valence electrons. The van der Waals surface area contributed by atoms with Crippen molar-refractivity contribution in [1.29, 1.82) is 0 Å². The number of hydrogen-bond acceptors (Lipinski definition) is 4. The van der Waals surface area contributed by atoms with Crippen molar-refractivity contribution in [2.75, 3.05) is 0 Å². The third-order valence-electron chi connectivity index (χ3n) is 2.50. The minimum Gasteiger partial charge on any atom is -0.453 e. The summed E-state index contributed by atoms with van der Waals surface area (Å²) in [6.07, 6.45) is 3.34. The lowest BCUT2D eigenvalue weighted by Gasteiger charge is -2.11. The largest absolute Gasteiger partial charge is 0.453 e. The Balaban J connectivity index is 2.43. The second kappa shape index (κ2) is 4.79. The molecule has 0 radical (unpaired) electrons. The molecule has 18 heavy (non-hydrogen) atoms. The van der Waals surface area contributed by atoms with Gasteiger partial charge < -0.3 is 15.7 Å². The molecule has 6 nitrogen and oxygen atoms in total. The Morgan fingerprint density at radius 3 is 2.89 bits per heavy atom. The van der Waals surface area contributed by atoms with Crippen LogP contribution < -0.4 is 10.5 Å². The Kier molecular flexibility index (Phi) is 3.18. The van der Waals surface area contributed by atoms with Gasteiger partial charge in [-0.05, 0) is 18.6 Å². The number of aromatic nitrogens is 2. The summed E-state index contributed by atoms with van der Waals surface area (Å²) in [5.74, 6) is 1.16. The van der Waals surface area contributed by atoms with Gasteiger partial charge in [0.05, 0.1) is 18.0 Å². The van der Waals surface area contributed by atoms with E-state index in [2.05, 4.69) is 10.3 Å². The van der Waals surface area contributed by atoms with Crippen molar-refractivity contribution in [3.63, 3.8) is 0 Å². The zero-order chi connectivity index (χ0) is 13.1. The maximum atomic E-state index is 8.76. The molecule has 0 spiro atoms. The van der Waals surface area contributed by atoms with Crippen molar-refractivity contribution in [3.05, 3.63) is 41.7 Å². The number of oxime groups is 1. The van der Waals surface area contributed by atoms with E-state index in [1.165, 1.54) is 0 Å². The van der Waals surface area contributed by atoms with Gasteiger partial charge >= 0.3 is 0 Å². The first kappa shape index (κ1) is 12.0. The third-order valence-corrected chi connectivity index (χ3v) is 2.50. The standard InChI is InChI=1S/C12H14N4O2/c1-8-4-3-5-10(12(13)15-17)11(8)18-9-6-14-16(2)7-9/h3-7,17H,1-2H3,(H2,13,15). The van der Waals surface area contributed by atoms with E-state index in [4.69, 9.17) is 15.7 Å². The highest BCUT2D eigenvalue weighted by molar-refractivity contribution is 6.00. The topological polar surface area (TPSA) is 85.7 Å². The molecule has 0 saturated heterocycles. The predicted octanol–water partition coefficient (Wildman–Crippen LogP) is 1.62. The van der Waals surface area contributed by atoms with Crippen LogP contribution in [0.1, 0.15) is 11.1 Å². The van der Waals surface area contributed by atoms with Crippen LogP contribution >= 0.6 is 0 Å². The summed E-state index contributed by atoms with van der Waals surface area (Å²) in [7, 11) is 1.80. The van der Waals surface area contributed by atoms with E-state index >= 15 is 0 Å². The van der Waals surface area contributed by atoms with E-state index < -0.39 is 0 Å². The molecule has 6 heteroatoms. The molecule has 1 aromatic carbocycles. The van der Waals surface area contributed by atoms with E-state index in [1.54, 1.807) is 30.2 Å². The summed E-state index contributed by atoms with van der Waals surface area (Å²) in [4.78, 5) is 0. The molecule has 1 heterocycles. The van der Waals surface area contributed by atoms with Gasteiger partial charge in [0.1, 0.15) is 5.75 Å². The molecule has 0 aliphatic carbocycles. The molecular weight excluding hydrogens is 232 g/mol. The highest BCUT2D eigenvalue weighted by atomic mass is 16.5. The zero-order valence-corrected chi connectivity index (χ0v) is 10.2. The lowest BCUT2D eigenvalue weighted by atomic mass is 10.1. The monoisotopic (exact) mass is 246 g/mol. The maximum Gasteiger partial charge on any atom is 0.173 e. The quantitative estimate of drug-likeness (QED) is 0.373. The van der Waals surface area contributed by atoms with Gasteiger partial charge in [-0.1, -0.05) is 17.3 Å². The summed E-state index contributed by atoms with van der Waals surface area (Å²) < 4.78 is 7.36. The van der Waals surface area contributed by atoms with Gasteiger partial charge in [0.2, 0.25) is 0 Å². The summed E-state index contributed by atoms with van der Waals surface area (Å²) in [5.41, 5.74) is 7.06. The van der Waals surface area contributed by atoms with Crippen LogP contribution in [0.2, 0.25) is 0 Å². The summed E-state index contributed by atoms with van der Waals surface area (Å²) in [6.45, 7) is 1.89. The van der Waals surface area contributed by atoms with E-state index in [-0.39, 0.29) is 5.84 Å². The first-order valence-corrected chi connectivity index (χ1v) is 5.36. The van der Waals surface area contributed by atoms with Crippen LogP contribution in [0, 0.1) is 6.92 Å². The second-order valence-corrected chi connectivity index (χ2v) is 3.89. The van der Waals surface area contributed by atoms with Gasteiger partial charge in [-0.2, -0.15) is 5.10 Å². The van der Waals surface area contributed by atoms with E-state index in [9.17, 15) is 0 Å². The molecule has 0 aliphatic rings. The number of benzene rings is 1. The number of nitrogens with zero attached hydrogens (tertiary/aromatic N) is 3. The van der Waals surface area contributed by atoms with Gasteiger partial charge in [0.25, 0.3) is 0 Å². The van der Waals surface area contributed by atoms with Crippen LogP contribution in [-0.2, 0) is 7.05 Å². The Morgan fingerprint density at radius 1 is 1.50 bits per heavy atom. The Morgan fingerprint density at radius 2 is 2.28 bits per heavy atom. The van der Waals surface area contributed by atoms with Gasteiger partial charge in [0, 0.05) is 7.05 Å². The van der Waals surface area contributed by atoms with Gasteiger partial charge in [0.15, 0.2) is 11.6 Å². The van der Waals surface area contributed by atoms with Gasteiger partial charge in [-0.15, -0.1) is 0 Å². The van der Waals surface area contributed by atoms with Crippen molar-refractivity contribution in [3.8, 4) is 11.5 Å². The van der Waals surface area contributed by atoms with E-state index in [0.29, 0.717) is 17.1 Å². The Hall–Kier alpha value is -2.50. The van der Waals surface area contributed by atoms with Crippen LogP contribution in [0.3, 0.4) is 0 Å². The fourth-order valence-corrected chi connectivity index (χ4v) is 1.61. The Bertz CT molecular complexity index is 590. The third kappa shape index (κ3) is 2.27. The summed E-state index contributed by atoms with van der Waals surface area (Å²) in [5, 5.41) is 15.8. The first-order valence-electron chi connectivity index (χ1n) is 5.36. The summed E-state index contributed by atoms with van der Waals surface area (Å²) in [6, 6.07) is 5.44. The molecule has 0 saturated carbocycles. The van der Waals surface area contributed by atoms with Gasteiger partial charge in [-0.3, -0.25) is 4.68 Å². The molecule has 0 unspecified atom stereocenters. The van der Waals surface area contributed by atoms with Crippen LogP contribution in [0.15, 0.2) is 35.7 Å². The Labute approximate surface area is 104 Å². The molecule has 2 rings (SSSR count). The minimum atomic E-state index is 0.0117. The first-order chi connectivity index (χ1) is 8.61. The van der Waals surface area contributed by atoms with E-state index in [0.717, 1.165) is 5.56 Å². The van der Waals surface area contributed by atoms with Crippen LogP contribution in [0.5, 0.6) is 11.5 Å². The van der Waals surface area contributed by atoms with Crippen LogP contribution in [0.25, 0.3) is 0 Å². The molecule has 0 amide bonds. The number of para-hydroxylation sites is 1. The number of rotatable bonds is 3. The summed E-state index contributed by atoms with van der Waals surface area (Å²) >= 11 is 0.